The van der Waals surface area contributed by atoms with Crippen molar-refractivity contribution in [2.75, 3.05) is 0 Å². The lowest BCUT2D eigenvalue weighted by atomic mass is 10.1. The number of pyridine rings is 1. The number of carbonyl (C=O) groups is 1. The predicted octanol–water partition coefficient (Wildman–Crippen LogP) is 4.18. The quantitative estimate of drug-likeness (QED) is 0.905. The summed E-state index contributed by atoms with van der Waals surface area (Å²) < 4.78 is 0. The van der Waals surface area contributed by atoms with Gasteiger partial charge in [-0.3, -0.25) is 0 Å². The number of hydrogen-bond donors (Lipinski definition) is 1. The van der Waals surface area contributed by atoms with Crippen LogP contribution >= 0.6 is 35.6 Å². The molecule has 0 aliphatic carbocycles. The Balaban J connectivity index is 0.00000162. The molecule has 2 rings (SSSR count). The molecular formula is C12H8Cl3NO2. The van der Waals surface area contributed by atoms with E-state index in [9.17, 15) is 4.79 Å². The smallest absolute Gasteiger partial charge is 0.354 e. The molecule has 1 N–H and O–H groups in total. The minimum atomic E-state index is -1.06. The Labute approximate surface area is 120 Å². The van der Waals surface area contributed by atoms with Gasteiger partial charge in [-0.1, -0.05) is 29.3 Å². The molecule has 1 aromatic heterocycles. The molecule has 0 atom stereocenters. The van der Waals surface area contributed by atoms with Crippen molar-refractivity contribution in [2.24, 2.45) is 0 Å². The second kappa shape index (κ2) is 6.05. The lowest BCUT2D eigenvalue weighted by Crippen LogP contribution is -1.99. The van der Waals surface area contributed by atoms with Gasteiger partial charge in [0.25, 0.3) is 0 Å². The first-order valence-corrected chi connectivity index (χ1v) is 5.48. The summed E-state index contributed by atoms with van der Waals surface area (Å²) in [5.74, 6) is -1.06. The maximum absolute atomic E-state index is 10.8. The Hall–Kier alpha value is -1.29. The summed E-state index contributed by atoms with van der Waals surface area (Å²) >= 11 is 11.7. The molecule has 2 aromatic rings. The van der Waals surface area contributed by atoms with Crippen LogP contribution in [0, 0.1) is 0 Å². The Morgan fingerprint density at radius 2 is 1.72 bits per heavy atom. The van der Waals surface area contributed by atoms with Crippen LogP contribution in [0.1, 0.15) is 10.5 Å². The normalized spacial score (nSPS) is 9.67. The van der Waals surface area contributed by atoms with E-state index in [-0.39, 0.29) is 18.1 Å². The van der Waals surface area contributed by atoms with Crippen molar-refractivity contribution in [2.45, 2.75) is 0 Å². The highest BCUT2D eigenvalue weighted by atomic mass is 35.5. The molecular weight excluding hydrogens is 296 g/mol. The molecule has 3 nitrogen and oxygen atoms in total. The molecule has 6 heteroatoms. The number of halogens is 3. The third kappa shape index (κ3) is 3.13. The summed E-state index contributed by atoms with van der Waals surface area (Å²) in [6.07, 6.45) is 1.45. The van der Waals surface area contributed by atoms with Gasteiger partial charge in [0.2, 0.25) is 0 Å². The molecule has 0 saturated heterocycles. The summed E-state index contributed by atoms with van der Waals surface area (Å²) in [7, 11) is 0. The average Bonchev–Trinajstić information content (AvgIpc) is 2.33. The third-order valence-corrected chi connectivity index (χ3v) is 2.97. The number of rotatable bonds is 2. The third-order valence-electron chi connectivity index (χ3n) is 2.23. The number of aromatic carboxylic acids is 1. The summed E-state index contributed by atoms with van der Waals surface area (Å²) in [5.41, 5.74) is 1.52. The van der Waals surface area contributed by atoms with E-state index >= 15 is 0 Å². The number of benzene rings is 1. The molecule has 0 spiro atoms. The number of carboxylic acid groups (broad SMARTS) is 1. The Morgan fingerprint density at radius 3 is 2.33 bits per heavy atom. The van der Waals surface area contributed by atoms with Crippen LogP contribution < -0.4 is 0 Å². The van der Waals surface area contributed by atoms with Crippen molar-refractivity contribution >= 4 is 41.6 Å². The van der Waals surface area contributed by atoms with Gasteiger partial charge in [0.15, 0.2) is 0 Å². The van der Waals surface area contributed by atoms with Crippen LogP contribution in [0.3, 0.4) is 0 Å². The van der Waals surface area contributed by atoms with E-state index < -0.39 is 5.97 Å². The molecule has 0 aliphatic rings. The van der Waals surface area contributed by atoms with E-state index in [1.54, 1.807) is 24.3 Å². The average molecular weight is 305 g/mol. The molecule has 1 heterocycles. The van der Waals surface area contributed by atoms with Crippen LogP contribution in [0.2, 0.25) is 10.0 Å². The van der Waals surface area contributed by atoms with Crippen molar-refractivity contribution in [3.63, 3.8) is 0 Å². The molecule has 0 amide bonds. The Bertz CT molecular complexity index is 587. The molecule has 0 saturated carbocycles. The van der Waals surface area contributed by atoms with E-state index in [2.05, 4.69) is 4.98 Å². The predicted molar refractivity (Wildman–Crippen MR) is 73.9 cm³/mol. The fourth-order valence-corrected chi connectivity index (χ4v) is 1.70. The lowest BCUT2D eigenvalue weighted by molar-refractivity contribution is 0.0690. The standard InChI is InChI=1S/C12H7Cl2NO2.ClH/c13-9-2-1-7(5-10(9)14)8-3-4-15-11(6-8)12(16)17;/h1-6H,(H,16,17);1H. The summed E-state index contributed by atoms with van der Waals surface area (Å²) in [6.45, 7) is 0. The van der Waals surface area contributed by atoms with Gasteiger partial charge < -0.3 is 5.11 Å². The monoisotopic (exact) mass is 303 g/mol. The van der Waals surface area contributed by atoms with Gasteiger partial charge in [0, 0.05) is 6.20 Å². The maximum atomic E-state index is 10.8. The van der Waals surface area contributed by atoms with Crippen molar-refractivity contribution in [1.29, 1.82) is 0 Å². The highest BCUT2D eigenvalue weighted by Gasteiger charge is 2.07. The minimum Gasteiger partial charge on any atom is -0.477 e. The zero-order valence-electron chi connectivity index (χ0n) is 8.93. The first-order valence-electron chi connectivity index (χ1n) is 4.72. The van der Waals surface area contributed by atoms with Crippen molar-refractivity contribution in [3.8, 4) is 11.1 Å². The zero-order valence-corrected chi connectivity index (χ0v) is 11.3. The largest absolute Gasteiger partial charge is 0.477 e. The van der Waals surface area contributed by atoms with Gasteiger partial charge >= 0.3 is 5.97 Å². The van der Waals surface area contributed by atoms with Crippen LogP contribution in [0.15, 0.2) is 36.5 Å². The molecule has 94 valence electrons. The number of aromatic nitrogens is 1. The van der Waals surface area contributed by atoms with Crippen LogP contribution in [0.4, 0.5) is 0 Å². The molecule has 0 aliphatic heterocycles. The van der Waals surface area contributed by atoms with Crippen molar-refractivity contribution in [1.82, 2.24) is 4.98 Å². The van der Waals surface area contributed by atoms with Gasteiger partial charge in [-0.05, 0) is 35.4 Å². The summed E-state index contributed by atoms with van der Waals surface area (Å²) in [4.78, 5) is 14.5. The second-order valence-corrected chi connectivity index (χ2v) is 4.18. The Kier molecular flexibility index (Phi) is 4.96. The van der Waals surface area contributed by atoms with Gasteiger partial charge in [-0.2, -0.15) is 0 Å². The van der Waals surface area contributed by atoms with Crippen molar-refractivity contribution < 1.29 is 9.90 Å². The molecule has 18 heavy (non-hydrogen) atoms. The fourth-order valence-electron chi connectivity index (χ4n) is 1.40. The topological polar surface area (TPSA) is 50.2 Å². The van der Waals surface area contributed by atoms with Crippen LogP contribution in [0.5, 0.6) is 0 Å². The number of hydrogen-bond acceptors (Lipinski definition) is 2. The molecule has 0 bridgehead atoms. The van der Waals surface area contributed by atoms with E-state index in [4.69, 9.17) is 28.3 Å². The van der Waals surface area contributed by atoms with Gasteiger partial charge in [-0.15, -0.1) is 12.4 Å². The van der Waals surface area contributed by atoms with Gasteiger partial charge in [-0.25, -0.2) is 9.78 Å². The minimum absolute atomic E-state index is 0. The van der Waals surface area contributed by atoms with Crippen LogP contribution in [-0.4, -0.2) is 16.1 Å². The SMILES string of the molecule is Cl.O=C(O)c1cc(-c2ccc(Cl)c(Cl)c2)ccn1. The zero-order chi connectivity index (χ0) is 12.4. The van der Waals surface area contributed by atoms with Crippen LogP contribution in [0.25, 0.3) is 11.1 Å². The van der Waals surface area contributed by atoms with E-state index in [1.807, 2.05) is 0 Å². The Morgan fingerprint density at radius 1 is 1.06 bits per heavy atom. The summed E-state index contributed by atoms with van der Waals surface area (Å²) in [6, 6.07) is 8.33. The van der Waals surface area contributed by atoms with Gasteiger partial charge in [0.05, 0.1) is 10.0 Å². The molecule has 1 aromatic carbocycles. The van der Waals surface area contributed by atoms with E-state index in [1.165, 1.54) is 12.3 Å². The van der Waals surface area contributed by atoms with Crippen LogP contribution in [-0.2, 0) is 0 Å². The number of carboxylic acids is 1. The molecule has 0 unspecified atom stereocenters. The first kappa shape index (κ1) is 14.8. The fraction of sp³-hybridized carbons (Fsp3) is 0. The van der Waals surface area contributed by atoms with Crippen molar-refractivity contribution in [3.05, 3.63) is 52.3 Å². The number of nitrogens with zero attached hydrogens (tertiary/aromatic N) is 1. The van der Waals surface area contributed by atoms with E-state index in [0.717, 1.165) is 11.1 Å². The molecule has 0 radical (unpaired) electrons. The summed E-state index contributed by atoms with van der Waals surface area (Å²) in [5, 5.41) is 9.73. The van der Waals surface area contributed by atoms with E-state index in [0.29, 0.717) is 10.0 Å². The highest BCUT2D eigenvalue weighted by molar-refractivity contribution is 6.42. The lowest BCUT2D eigenvalue weighted by Gasteiger charge is -2.04. The second-order valence-electron chi connectivity index (χ2n) is 3.36. The maximum Gasteiger partial charge on any atom is 0.354 e. The van der Waals surface area contributed by atoms with Gasteiger partial charge in [0.1, 0.15) is 5.69 Å². The first-order chi connectivity index (χ1) is 8.08. The molecule has 0 fully saturated rings. The highest BCUT2D eigenvalue weighted by Crippen LogP contribution is 2.28.